The van der Waals surface area contributed by atoms with Gasteiger partial charge in [-0.3, -0.25) is 14.5 Å². The minimum absolute atomic E-state index is 0.0409. The standard InChI is InChI=1S/C18H27N3O2/c1-4-6-11-20-17(22)16-12(3)13-9-7-8-10-15(13)21(16)18(23)14(19)5-2/h7-10,12,14,16H,4-6,11,19H2,1-3H3,(H,20,22)/t12-,14-,16+/m0/s1. The quantitative estimate of drug-likeness (QED) is 0.790. The molecule has 0 saturated carbocycles. The highest BCUT2D eigenvalue weighted by molar-refractivity contribution is 6.06. The normalized spacial score (nSPS) is 21.0. The zero-order valence-corrected chi connectivity index (χ0v) is 14.2. The maximum absolute atomic E-state index is 12.8. The third kappa shape index (κ3) is 3.39. The summed E-state index contributed by atoms with van der Waals surface area (Å²) in [5, 5.41) is 2.96. The highest BCUT2D eigenvalue weighted by Gasteiger charge is 2.44. The first-order chi connectivity index (χ1) is 11.0. The smallest absolute Gasteiger partial charge is 0.244 e. The van der Waals surface area contributed by atoms with Crippen molar-refractivity contribution < 1.29 is 9.59 Å². The number of nitrogens with zero attached hydrogens (tertiary/aromatic N) is 1. The SMILES string of the molecule is CCCCNC(=O)[C@H]1[C@@H](C)c2ccccc2N1C(=O)[C@@H](N)CC. The molecule has 1 aromatic carbocycles. The number of rotatable bonds is 6. The summed E-state index contributed by atoms with van der Waals surface area (Å²) in [5.41, 5.74) is 7.80. The number of carbonyl (C=O) groups excluding carboxylic acids is 2. The molecule has 3 N–H and O–H groups in total. The van der Waals surface area contributed by atoms with Crippen LogP contribution in [0, 0.1) is 0 Å². The number of nitrogens with one attached hydrogen (secondary N) is 1. The molecule has 0 aromatic heterocycles. The summed E-state index contributed by atoms with van der Waals surface area (Å²) in [7, 11) is 0. The van der Waals surface area contributed by atoms with E-state index >= 15 is 0 Å². The summed E-state index contributed by atoms with van der Waals surface area (Å²) in [4.78, 5) is 27.0. The summed E-state index contributed by atoms with van der Waals surface area (Å²) in [6, 6.07) is 6.60. The van der Waals surface area contributed by atoms with Crippen molar-refractivity contribution in [3.05, 3.63) is 29.8 Å². The predicted molar refractivity (Wildman–Crippen MR) is 92.3 cm³/mol. The Hall–Kier alpha value is -1.88. The molecular weight excluding hydrogens is 290 g/mol. The Morgan fingerprint density at radius 3 is 2.65 bits per heavy atom. The first-order valence-corrected chi connectivity index (χ1v) is 8.48. The van der Waals surface area contributed by atoms with Crippen LogP contribution in [0.2, 0.25) is 0 Å². The summed E-state index contributed by atoms with van der Waals surface area (Å²) < 4.78 is 0. The molecule has 0 radical (unpaired) electrons. The molecule has 0 spiro atoms. The Morgan fingerprint density at radius 2 is 2.00 bits per heavy atom. The van der Waals surface area contributed by atoms with E-state index in [4.69, 9.17) is 5.73 Å². The molecule has 0 bridgehead atoms. The van der Waals surface area contributed by atoms with Crippen molar-refractivity contribution in [2.45, 2.75) is 58.0 Å². The Morgan fingerprint density at radius 1 is 1.30 bits per heavy atom. The summed E-state index contributed by atoms with van der Waals surface area (Å²) in [6.07, 6.45) is 2.50. The molecular formula is C18H27N3O2. The van der Waals surface area contributed by atoms with Gasteiger partial charge in [-0.1, -0.05) is 45.4 Å². The molecule has 2 rings (SSSR count). The van der Waals surface area contributed by atoms with Crippen molar-refractivity contribution in [1.29, 1.82) is 0 Å². The maximum Gasteiger partial charge on any atom is 0.244 e. The zero-order chi connectivity index (χ0) is 17.0. The Labute approximate surface area is 138 Å². The fraction of sp³-hybridized carbons (Fsp3) is 0.556. The van der Waals surface area contributed by atoms with Gasteiger partial charge in [0.05, 0.1) is 6.04 Å². The van der Waals surface area contributed by atoms with Crippen molar-refractivity contribution in [3.63, 3.8) is 0 Å². The Bertz CT molecular complexity index is 573. The second-order valence-electron chi connectivity index (χ2n) is 6.16. The van der Waals surface area contributed by atoms with Crippen LogP contribution < -0.4 is 16.0 Å². The highest BCUT2D eigenvalue weighted by Crippen LogP contribution is 2.41. The topological polar surface area (TPSA) is 75.4 Å². The number of hydrogen-bond acceptors (Lipinski definition) is 3. The predicted octanol–water partition coefficient (Wildman–Crippen LogP) is 2.16. The third-order valence-electron chi connectivity index (χ3n) is 4.53. The summed E-state index contributed by atoms with van der Waals surface area (Å²) in [6.45, 7) is 6.59. The number of fused-ring (bicyclic) bond motifs is 1. The zero-order valence-electron chi connectivity index (χ0n) is 14.2. The van der Waals surface area contributed by atoms with Crippen molar-refractivity contribution in [2.75, 3.05) is 11.4 Å². The average Bonchev–Trinajstić information content (AvgIpc) is 2.87. The van der Waals surface area contributed by atoms with E-state index in [1.54, 1.807) is 4.90 Å². The van der Waals surface area contributed by atoms with Gasteiger partial charge < -0.3 is 11.1 Å². The van der Waals surface area contributed by atoms with E-state index in [-0.39, 0.29) is 17.7 Å². The molecule has 0 aliphatic carbocycles. The molecule has 1 aliphatic heterocycles. The van der Waals surface area contributed by atoms with E-state index < -0.39 is 12.1 Å². The lowest BCUT2D eigenvalue weighted by Crippen LogP contribution is -2.53. The molecule has 3 atom stereocenters. The highest BCUT2D eigenvalue weighted by atomic mass is 16.2. The van der Waals surface area contributed by atoms with Crippen LogP contribution >= 0.6 is 0 Å². The molecule has 1 aromatic rings. The number of amides is 2. The van der Waals surface area contributed by atoms with Gasteiger partial charge in [0, 0.05) is 18.2 Å². The van der Waals surface area contributed by atoms with Gasteiger partial charge in [0.15, 0.2) is 0 Å². The fourth-order valence-electron chi connectivity index (χ4n) is 3.08. The van der Waals surface area contributed by atoms with Crippen LogP contribution in [0.4, 0.5) is 5.69 Å². The van der Waals surface area contributed by atoms with E-state index in [0.29, 0.717) is 13.0 Å². The van der Waals surface area contributed by atoms with E-state index in [0.717, 1.165) is 24.1 Å². The molecule has 2 amide bonds. The van der Waals surface area contributed by atoms with E-state index in [1.807, 2.05) is 38.1 Å². The molecule has 126 valence electrons. The Balaban J connectivity index is 2.32. The van der Waals surface area contributed by atoms with Crippen molar-refractivity contribution in [3.8, 4) is 0 Å². The summed E-state index contributed by atoms with van der Waals surface area (Å²) in [5.74, 6) is -0.320. The first kappa shape index (κ1) is 17.5. The van der Waals surface area contributed by atoms with Gasteiger partial charge in [0.25, 0.3) is 0 Å². The van der Waals surface area contributed by atoms with Crippen LogP contribution in [0.3, 0.4) is 0 Å². The largest absolute Gasteiger partial charge is 0.354 e. The number of anilines is 1. The van der Waals surface area contributed by atoms with Gasteiger partial charge in [-0.05, 0) is 24.5 Å². The van der Waals surface area contributed by atoms with E-state index in [9.17, 15) is 9.59 Å². The lowest BCUT2D eigenvalue weighted by Gasteiger charge is -2.28. The number of unbranched alkanes of at least 4 members (excludes halogenated alkanes) is 1. The first-order valence-electron chi connectivity index (χ1n) is 8.48. The van der Waals surface area contributed by atoms with Crippen molar-refractivity contribution >= 4 is 17.5 Å². The molecule has 0 fully saturated rings. The Kier molecular flexibility index (Phi) is 5.77. The molecule has 5 nitrogen and oxygen atoms in total. The van der Waals surface area contributed by atoms with Crippen LogP contribution in [-0.4, -0.2) is 30.4 Å². The van der Waals surface area contributed by atoms with E-state index in [1.165, 1.54) is 0 Å². The molecule has 5 heteroatoms. The molecule has 0 saturated heterocycles. The number of hydrogen-bond donors (Lipinski definition) is 2. The van der Waals surface area contributed by atoms with Crippen molar-refractivity contribution in [2.24, 2.45) is 5.73 Å². The average molecular weight is 317 g/mol. The second kappa shape index (κ2) is 7.59. The fourth-order valence-corrected chi connectivity index (χ4v) is 3.08. The lowest BCUT2D eigenvalue weighted by molar-refractivity contribution is -0.127. The van der Waals surface area contributed by atoms with Crippen LogP contribution in [0.15, 0.2) is 24.3 Å². The van der Waals surface area contributed by atoms with E-state index in [2.05, 4.69) is 12.2 Å². The maximum atomic E-state index is 12.8. The van der Waals surface area contributed by atoms with Gasteiger partial charge in [0.2, 0.25) is 11.8 Å². The number of para-hydroxylation sites is 1. The minimum Gasteiger partial charge on any atom is -0.354 e. The van der Waals surface area contributed by atoms with Crippen LogP contribution in [0.25, 0.3) is 0 Å². The van der Waals surface area contributed by atoms with Gasteiger partial charge in [-0.25, -0.2) is 0 Å². The summed E-state index contributed by atoms with van der Waals surface area (Å²) >= 11 is 0. The van der Waals surface area contributed by atoms with Crippen LogP contribution in [0.1, 0.15) is 51.5 Å². The van der Waals surface area contributed by atoms with Gasteiger partial charge in [-0.15, -0.1) is 0 Å². The van der Waals surface area contributed by atoms with Gasteiger partial charge in [0.1, 0.15) is 6.04 Å². The van der Waals surface area contributed by atoms with Gasteiger partial charge >= 0.3 is 0 Å². The number of nitrogens with two attached hydrogens (primary N) is 1. The van der Waals surface area contributed by atoms with Gasteiger partial charge in [-0.2, -0.15) is 0 Å². The third-order valence-corrected chi connectivity index (χ3v) is 4.53. The molecule has 23 heavy (non-hydrogen) atoms. The molecule has 0 unspecified atom stereocenters. The monoisotopic (exact) mass is 317 g/mol. The minimum atomic E-state index is -0.584. The van der Waals surface area contributed by atoms with Crippen LogP contribution in [-0.2, 0) is 9.59 Å². The number of benzene rings is 1. The second-order valence-corrected chi connectivity index (χ2v) is 6.16. The molecule has 1 heterocycles. The number of carbonyl (C=O) groups is 2. The molecule has 1 aliphatic rings. The lowest BCUT2D eigenvalue weighted by atomic mass is 9.96. The van der Waals surface area contributed by atoms with Crippen LogP contribution in [0.5, 0.6) is 0 Å². The van der Waals surface area contributed by atoms with Crippen molar-refractivity contribution in [1.82, 2.24) is 5.32 Å².